The van der Waals surface area contributed by atoms with Crippen LogP contribution in [-0.2, 0) is 4.79 Å². The van der Waals surface area contributed by atoms with Crippen LogP contribution in [-0.4, -0.2) is 46.2 Å². The highest BCUT2D eigenvalue weighted by molar-refractivity contribution is 5.90. The van der Waals surface area contributed by atoms with Crippen LogP contribution in [0.4, 0.5) is 5.82 Å². The molecule has 3 rings (SSSR count). The van der Waals surface area contributed by atoms with Crippen LogP contribution in [0.15, 0.2) is 41.3 Å². The number of pyridine rings is 1. The number of likely N-dealkylation sites (N-methyl/N-ethyl adjacent to an activating group) is 1. The largest absolute Gasteiger partial charge is 0.306 e. The number of anilines is 1. The molecular formula is C15H19N5O2. The predicted molar refractivity (Wildman–Crippen MR) is 82.9 cm³/mol. The van der Waals surface area contributed by atoms with Gasteiger partial charge in [0.25, 0.3) is 0 Å². The Bertz CT molecular complexity index is 597. The summed E-state index contributed by atoms with van der Waals surface area (Å²) in [6.07, 6.45) is 6.57. The van der Waals surface area contributed by atoms with Gasteiger partial charge in [-0.15, -0.1) is 0 Å². The van der Waals surface area contributed by atoms with E-state index in [1.807, 2.05) is 25.2 Å². The van der Waals surface area contributed by atoms with Gasteiger partial charge >= 0.3 is 0 Å². The smallest absolute Gasteiger partial charge is 0.222 e. The SMILES string of the molecule is CC(=O)Nc1nonc1C1=CCCN(C)C1.c1ccncc1. The van der Waals surface area contributed by atoms with Crippen molar-refractivity contribution < 1.29 is 9.42 Å². The summed E-state index contributed by atoms with van der Waals surface area (Å²) in [7, 11) is 2.04. The standard InChI is InChI=1S/C10H14N4O2.C5H5N/c1-7(15)11-10-9(12-16-13-10)8-4-3-5-14(2)6-8;1-2-4-6-5-3-1/h4H,3,5-6H2,1-2H3,(H,11,13,15);1-5H. The number of nitrogens with one attached hydrogen (secondary N) is 1. The molecule has 0 bridgehead atoms. The lowest BCUT2D eigenvalue weighted by Gasteiger charge is -2.21. The predicted octanol–water partition coefficient (Wildman–Crippen LogP) is 1.83. The number of carbonyl (C=O) groups excluding carboxylic acids is 1. The number of carbonyl (C=O) groups is 1. The molecule has 0 saturated heterocycles. The Morgan fingerprint density at radius 3 is 2.59 bits per heavy atom. The van der Waals surface area contributed by atoms with Gasteiger partial charge in [-0.25, -0.2) is 4.63 Å². The van der Waals surface area contributed by atoms with Gasteiger partial charge in [0, 0.05) is 32.4 Å². The van der Waals surface area contributed by atoms with Gasteiger partial charge in [-0.3, -0.25) is 9.78 Å². The third-order valence-corrected chi connectivity index (χ3v) is 3.00. The number of amides is 1. The monoisotopic (exact) mass is 301 g/mol. The fraction of sp³-hybridized carbons (Fsp3) is 0.333. The van der Waals surface area contributed by atoms with Gasteiger partial charge in [0.2, 0.25) is 11.7 Å². The van der Waals surface area contributed by atoms with Crippen molar-refractivity contribution in [2.24, 2.45) is 0 Å². The summed E-state index contributed by atoms with van der Waals surface area (Å²) in [4.78, 5) is 16.9. The van der Waals surface area contributed by atoms with Gasteiger partial charge in [0.15, 0.2) is 5.69 Å². The summed E-state index contributed by atoms with van der Waals surface area (Å²) < 4.78 is 4.66. The maximum Gasteiger partial charge on any atom is 0.222 e. The first-order chi connectivity index (χ1) is 10.7. The van der Waals surface area contributed by atoms with Crippen molar-refractivity contribution in [2.75, 3.05) is 25.5 Å². The fourth-order valence-electron chi connectivity index (χ4n) is 2.03. The molecule has 0 radical (unpaired) electrons. The van der Waals surface area contributed by atoms with Crippen molar-refractivity contribution in [2.45, 2.75) is 13.3 Å². The summed E-state index contributed by atoms with van der Waals surface area (Å²) in [5, 5.41) is 10.1. The number of hydrogen-bond donors (Lipinski definition) is 1. The summed E-state index contributed by atoms with van der Waals surface area (Å²) in [5.41, 5.74) is 1.67. The molecule has 0 atom stereocenters. The molecule has 1 aliphatic heterocycles. The Hall–Kier alpha value is -2.54. The van der Waals surface area contributed by atoms with Crippen molar-refractivity contribution in [3.05, 3.63) is 42.4 Å². The van der Waals surface area contributed by atoms with Crippen LogP contribution < -0.4 is 5.32 Å². The van der Waals surface area contributed by atoms with E-state index >= 15 is 0 Å². The summed E-state index contributed by atoms with van der Waals surface area (Å²) in [6, 6.07) is 5.72. The number of nitrogens with zero attached hydrogens (tertiary/aromatic N) is 4. The third-order valence-electron chi connectivity index (χ3n) is 3.00. The van der Waals surface area contributed by atoms with E-state index in [9.17, 15) is 4.79 Å². The summed E-state index contributed by atoms with van der Waals surface area (Å²) >= 11 is 0. The lowest BCUT2D eigenvalue weighted by atomic mass is 10.1. The van der Waals surface area contributed by atoms with Gasteiger partial charge in [-0.2, -0.15) is 0 Å². The lowest BCUT2D eigenvalue weighted by molar-refractivity contribution is -0.114. The zero-order chi connectivity index (χ0) is 15.8. The van der Waals surface area contributed by atoms with E-state index < -0.39 is 0 Å². The van der Waals surface area contributed by atoms with Crippen LogP contribution in [0.5, 0.6) is 0 Å². The van der Waals surface area contributed by atoms with Crippen LogP contribution in [0, 0.1) is 0 Å². The molecule has 22 heavy (non-hydrogen) atoms. The highest BCUT2D eigenvalue weighted by Crippen LogP contribution is 2.23. The van der Waals surface area contributed by atoms with Crippen molar-refractivity contribution in [1.29, 1.82) is 0 Å². The average molecular weight is 301 g/mol. The van der Waals surface area contributed by atoms with Gasteiger partial charge in [-0.1, -0.05) is 12.1 Å². The quantitative estimate of drug-likeness (QED) is 0.911. The zero-order valence-electron chi connectivity index (χ0n) is 12.7. The van der Waals surface area contributed by atoms with Gasteiger partial charge in [0.1, 0.15) is 0 Å². The van der Waals surface area contributed by atoms with Crippen LogP contribution in [0.25, 0.3) is 5.57 Å². The Labute approximate surface area is 129 Å². The maximum absolute atomic E-state index is 11.0. The third kappa shape index (κ3) is 4.78. The minimum absolute atomic E-state index is 0.179. The molecule has 0 unspecified atom stereocenters. The maximum atomic E-state index is 11.0. The molecule has 2 aromatic rings. The van der Waals surface area contributed by atoms with Crippen molar-refractivity contribution in [1.82, 2.24) is 20.2 Å². The molecule has 0 aromatic carbocycles. The number of rotatable bonds is 2. The van der Waals surface area contributed by atoms with Crippen LogP contribution in [0.2, 0.25) is 0 Å². The molecule has 0 saturated carbocycles. The molecule has 1 aliphatic rings. The van der Waals surface area contributed by atoms with Gasteiger partial charge < -0.3 is 10.2 Å². The van der Waals surface area contributed by atoms with E-state index in [0.29, 0.717) is 11.5 Å². The van der Waals surface area contributed by atoms with Gasteiger partial charge in [0.05, 0.1) is 0 Å². The van der Waals surface area contributed by atoms with E-state index in [-0.39, 0.29) is 5.91 Å². The molecule has 1 amide bonds. The number of hydrogen-bond acceptors (Lipinski definition) is 6. The summed E-state index contributed by atoms with van der Waals surface area (Å²) in [6.45, 7) is 3.25. The molecule has 116 valence electrons. The summed E-state index contributed by atoms with van der Waals surface area (Å²) in [5.74, 6) is 0.218. The van der Waals surface area contributed by atoms with Gasteiger partial charge in [-0.05, 0) is 41.5 Å². The van der Waals surface area contributed by atoms with E-state index in [1.54, 1.807) is 12.4 Å². The highest BCUT2D eigenvalue weighted by atomic mass is 16.6. The van der Waals surface area contributed by atoms with E-state index in [4.69, 9.17) is 0 Å². The normalized spacial score (nSPS) is 14.5. The van der Waals surface area contributed by atoms with Crippen LogP contribution in [0.1, 0.15) is 19.0 Å². The first-order valence-electron chi connectivity index (χ1n) is 7.00. The van der Waals surface area contributed by atoms with Crippen molar-refractivity contribution in [3.8, 4) is 0 Å². The first-order valence-corrected chi connectivity index (χ1v) is 7.00. The zero-order valence-corrected chi connectivity index (χ0v) is 12.7. The first kappa shape index (κ1) is 15.8. The Morgan fingerprint density at radius 2 is 2.05 bits per heavy atom. The molecular weight excluding hydrogens is 282 g/mol. The minimum Gasteiger partial charge on any atom is -0.306 e. The molecule has 2 aromatic heterocycles. The van der Waals surface area contributed by atoms with Crippen LogP contribution in [0.3, 0.4) is 0 Å². The van der Waals surface area contributed by atoms with Crippen molar-refractivity contribution in [3.63, 3.8) is 0 Å². The fourth-order valence-corrected chi connectivity index (χ4v) is 2.03. The Morgan fingerprint density at radius 1 is 1.27 bits per heavy atom. The molecule has 7 nitrogen and oxygen atoms in total. The van der Waals surface area contributed by atoms with E-state index in [2.05, 4.69) is 36.2 Å². The van der Waals surface area contributed by atoms with Crippen molar-refractivity contribution >= 4 is 17.3 Å². The molecule has 3 heterocycles. The molecule has 1 N–H and O–H groups in total. The Kier molecular flexibility index (Phi) is 5.79. The molecule has 0 spiro atoms. The van der Waals surface area contributed by atoms with E-state index in [1.165, 1.54) is 6.92 Å². The molecule has 7 heteroatoms. The van der Waals surface area contributed by atoms with Crippen LogP contribution >= 0.6 is 0 Å². The topological polar surface area (TPSA) is 84.2 Å². The second-order valence-electron chi connectivity index (χ2n) is 4.92. The Balaban J connectivity index is 0.000000246. The number of aromatic nitrogens is 3. The average Bonchev–Trinajstić information content (AvgIpc) is 2.97. The highest BCUT2D eigenvalue weighted by Gasteiger charge is 2.19. The molecule has 0 aliphatic carbocycles. The minimum atomic E-state index is -0.179. The lowest BCUT2D eigenvalue weighted by Crippen LogP contribution is -2.25. The second kappa shape index (κ2) is 8.04. The molecule has 0 fully saturated rings. The second-order valence-corrected chi connectivity index (χ2v) is 4.92. The van der Waals surface area contributed by atoms with E-state index in [0.717, 1.165) is 25.1 Å².